The SMILES string of the molecule is Cc1noc(C)c1CN(C)C(=O)/C=C/c1ccc(C(=O)O)cc1. The predicted octanol–water partition coefficient (Wildman–Crippen LogP) is 2.66. The summed E-state index contributed by atoms with van der Waals surface area (Å²) in [5.74, 6) is -0.432. The van der Waals surface area contributed by atoms with Crippen molar-refractivity contribution < 1.29 is 19.2 Å². The first-order chi connectivity index (χ1) is 10.9. The van der Waals surface area contributed by atoms with Crippen LogP contribution in [0, 0.1) is 13.8 Å². The Bertz CT molecular complexity index is 725. The van der Waals surface area contributed by atoms with Gasteiger partial charge in [0.25, 0.3) is 0 Å². The maximum atomic E-state index is 12.1. The van der Waals surface area contributed by atoms with Gasteiger partial charge in [0.05, 0.1) is 17.8 Å². The van der Waals surface area contributed by atoms with E-state index >= 15 is 0 Å². The Morgan fingerprint density at radius 2 is 1.91 bits per heavy atom. The van der Waals surface area contributed by atoms with Gasteiger partial charge in [0.2, 0.25) is 5.91 Å². The fourth-order valence-electron chi connectivity index (χ4n) is 2.07. The zero-order valence-corrected chi connectivity index (χ0v) is 13.2. The van der Waals surface area contributed by atoms with Gasteiger partial charge in [-0.2, -0.15) is 0 Å². The molecule has 0 aliphatic rings. The van der Waals surface area contributed by atoms with Gasteiger partial charge in [0, 0.05) is 18.7 Å². The van der Waals surface area contributed by atoms with E-state index in [0.29, 0.717) is 12.3 Å². The highest BCUT2D eigenvalue weighted by atomic mass is 16.5. The summed E-state index contributed by atoms with van der Waals surface area (Å²) in [7, 11) is 1.70. The van der Waals surface area contributed by atoms with Gasteiger partial charge in [0.1, 0.15) is 5.76 Å². The fourth-order valence-corrected chi connectivity index (χ4v) is 2.07. The molecular weight excluding hydrogens is 296 g/mol. The smallest absolute Gasteiger partial charge is 0.335 e. The molecule has 2 rings (SSSR count). The molecule has 0 aliphatic carbocycles. The van der Waals surface area contributed by atoms with Crippen LogP contribution in [0.25, 0.3) is 6.08 Å². The van der Waals surface area contributed by atoms with Crippen molar-refractivity contribution in [3.63, 3.8) is 0 Å². The topological polar surface area (TPSA) is 83.6 Å². The third-order valence-corrected chi connectivity index (χ3v) is 3.53. The van der Waals surface area contributed by atoms with Crippen molar-refractivity contribution in [3.05, 3.63) is 58.5 Å². The molecule has 23 heavy (non-hydrogen) atoms. The van der Waals surface area contributed by atoms with Gasteiger partial charge >= 0.3 is 5.97 Å². The molecule has 0 spiro atoms. The third kappa shape index (κ3) is 4.06. The summed E-state index contributed by atoms with van der Waals surface area (Å²) in [6, 6.07) is 6.31. The highest BCUT2D eigenvalue weighted by Gasteiger charge is 2.13. The van der Waals surface area contributed by atoms with Crippen molar-refractivity contribution in [1.82, 2.24) is 10.1 Å². The second-order valence-electron chi connectivity index (χ2n) is 5.26. The highest BCUT2D eigenvalue weighted by molar-refractivity contribution is 5.92. The van der Waals surface area contributed by atoms with E-state index in [9.17, 15) is 9.59 Å². The maximum absolute atomic E-state index is 12.1. The predicted molar refractivity (Wildman–Crippen MR) is 84.9 cm³/mol. The molecule has 2 aromatic rings. The number of benzene rings is 1. The van der Waals surface area contributed by atoms with Crippen molar-refractivity contribution in [2.75, 3.05) is 7.05 Å². The van der Waals surface area contributed by atoms with Crippen molar-refractivity contribution in [1.29, 1.82) is 0 Å². The number of aromatic nitrogens is 1. The molecule has 0 unspecified atom stereocenters. The van der Waals surface area contributed by atoms with Crippen LogP contribution in [-0.4, -0.2) is 34.1 Å². The zero-order valence-electron chi connectivity index (χ0n) is 13.2. The minimum Gasteiger partial charge on any atom is -0.478 e. The molecule has 0 saturated carbocycles. The average Bonchev–Trinajstić information content (AvgIpc) is 2.84. The van der Waals surface area contributed by atoms with E-state index in [0.717, 1.165) is 16.8 Å². The van der Waals surface area contributed by atoms with Crippen LogP contribution in [0.1, 0.15) is 32.9 Å². The van der Waals surface area contributed by atoms with Gasteiger partial charge in [-0.05, 0) is 37.6 Å². The van der Waals surface area contributed by atoms with E-state index < -0.39 is 5.97 Å². The summed E-state index contributed by atoms with van der Waals surface area (Å²) in [6.45, 7) is 4.07. The zero-order chi connectivity index (χ0) is 17.0. The van der Waals surface area contributed by atoms with Gasteiger partial charge < -0.3 is 14.5 Å². The molecule has 1 amide bonds. The number of hydrogen-bond acceptors (Lipinski definition) is 4. The Morgan fingerprint density at radius 3 is 2.43 bits per heavy atom. The van der Waals surface area contributed by atoms with E-state index in [-0.39, 0.29) is 11.5 Å². The highest BCUT2D eigenvalue weighted by Crippen LogP contribution is 2.14. The molecule has 1 aromatic heterocycles. The first-order valence-electron chi connectivity index (χ1n) is 7.06. The third-order valence-electron chi connectivity index (χ3n) is 3.53. The van der Waals surface area contributed by atoms with Crippen LogP contribution in [0.4, 0.5) is 0 Å². The van der Waals surface area contributed by atoms with Gasteiger partial charge in [-0.1, -0.05) is 17.3 Å². The summed E-state index contributed by atoms with van der Waals surface area (Å²) in [5.41, 5.74) is 2.65. The normalized spacial score (nSPS) is 10.9. The Labute approximate surface area is 134 Å². The molecule has 0 fully saturated rings. The summed E-state index contributed by atoms with van der Waals surface area (Å²) < 4.78 is 5.08. The molecule has 0 radical (unpaired) electrons. The van der Waals surface area contributed by atoms with Crippen LogP contribution < -0.4 is 0 Å². The van der Waals surface area contributed by atoms with Crippen LogP contribution in [0.15, 0.2) is 34.9 Å². The number of rotatable bonds is 5. The lowest BCUT2D eigenvalue weighted by molar-refractivity contribution is -0.125. The molecule has 0 saturated heterocycles. The molecule has 120 valence electrons. The number of likely N-dealkylation sites (N-methyl/N-ethyl adjacent to an activating group) is 1. The molecule has 6 heteroatoms. The minimum absolute atomic E-state index is 0.160. The first kappa shape index (κ1) is 16.5. The van der Waals surface area contributed by atoms with Crippen molar-refractivity contribution >= 4 is 18.0 Å². The van der Waals surface area contributed by atoms with Crippen LogP contribution in [0.2, 0.25) is 0 Å². The lowest BCUT2D eigenvalue weighted by Crippen LogP contribution is -2.24. The second-order valence-corrected chi connectivity index (χ2v) is 5.26. The van der Waals surface area contributed by atoms with E-state index in [2.05, 4.69) is 5.16 Å². The number of hydrogen-bond donors (Lipinski definition) is 1. The number of carboxylic acids is 1. The van der Waals surface area contributed by atoms with Crippen LogP contribution >= 0.6 is 0 Å². The number of amides is 1. The lowest BCUT2D eigenvalue weighted by atomic mass is 10.1. The summed E-state index contributed by atoms with van der Waals surface area (Å²) in [5, 5.41) is 12.7. The van der Waals surface area contributed by atoms with E-state index in [1.165, 1.54) is 18.2 Å². The number of aromatic carboxylic acids is 1. The Balaban J connectivity index is 2.01. The van der Waals surface area contributed by atoms with Gasteiger partial charge in [-0.3, -0.25) is 4.79 Å². The number of carboxylic acid groups (broad SMARTS) is 1. The molecule has 1 aromatic carbocycles. The van der Waals surface area contributed by atoms with Crippen molar-refractivity contribution in [2.45, 2.75) is 20.4 Å². The van der Waals surface area contributed by atoms with Crippen molar-refractivity contribution in [3.8, 4) is 0 Å². The molecule has 0 bridgehead atoms. The van der Waals surface area contributed by atoms with Crippen LogP contribution in [-0.2, 0) is 11.3 Å². The molecule has 0 aliphatic heterocycles. The van der Waals surface area contributed by atoms with E-state index in [1.807, 2.05) is 13.8 Å². The number of nitrogens with zero attached hydrogens (tertiary/aromatic N) is 2. The van der Waals surface area contributed by atoms with Crippen LogP contribution in [0.5, 0.6) is 0 Å². The fraction of sp³-hybridized carbons (Fsp3) is 0.235. The minimum atomic E-state index is -0.976. The summed E-state index contributed by atoms with van der Waals surface area (Å²) >= 11 is 0. The van der Waals surface area contributed by atoms with E-state index in [1.54, 1.807) is 30.2 Å². The molecule has 0 atom stereocenters. The monoisotopic (exact) mass is 314 g/mol. The Morgan fingerprint density at radius 1 is 1.26 bits per heavy atom. The Kier molecular flexibility index (Phi) is 4.95. The largest absolute Gasteiger partial charge is 0.478 e. The number of aryl methyl sites for hydroxylation is 2. The van der Waals surface area contributed by atoms with Crippen LogP contribution in [0.3, 0.4) is 0 Å². The maximum Gasteiger partial charge on any atom is 0.335 e. The Hall–Kier alpha value is -2.89. The summed E-state index contributed by atoms with van der Waals surface area (Å²) in [4.78, 5) is 24.5. The quantitative estimate of drug-likeness (QED) is 0.858. The van der Waals surface area contributed by atoms with Gasteiger partial charge in [-0.15, -0.1) is 0 Å². The van der Waals surface area contributed by atoms with Gasteiger partial charge in [0.15, 0.2) is 0 Å². The molecular formula is C17H18N2O4. The summed E-state index contributed by atoms with van der Waals surface area (Å²) in [6.07, 6.45) is 3.10. The molecule has 1 N–H and O–H groups in total. The second kappa shape index (κ2) is 6.91. The molecule has 6 nitrogen and oxygen atoms in total. The van der Waals surface area contributed by atoms with Crippen molar-refractivity contribution in [2.24, 2.45) is 0 Å². The average molecular weight is 314 g/mol. The lowest BCUT2D eigenvalue weighted by Gasteiger charge is -2.14. The molecule has 1 heterocycles. The standard InChI is InChI=1S/C17H18N2O4/c1-11-15(12(2)23-18-11)10-19(3)16(20)9-6-13-4-7-14(8-5-13)17(21)22/h4-9H,10H2,1-3H3,(H,21,22)/b9-6+. The van der Waals surface area contributed by atoms with E-state index in [4.69, 9.17) is 9.63 Å². The first-order valence-corrected chi connectivity index (χ1v) is 7.06. The van der Waals surface area contributed by atoms with Gasteiger partial charge in [-0.25, -0.2) is 4.79 Å². The number of carbonyl (C=O) groups is 2. The number of carbonyl (C=O) groups excluding carboxylic acids is 1.